The second kappa shape index (κ2) is 5.85. The van der Waals surface area contributed by atoms with E-state index in [9.17, 15) is 8.78 Å². The molecule has 1 nitrogen and oxygen atoms in total. The van der Waals surface area contributed by atoms with E-state index in [0.29, 0.717) is 5.56 Å². The van der Waals surface area contributed by atoms with Gasteiger partial charge in [0, 0.05) is 15.3 Å². The Balaban J connectivity index is 1.95. The van der Waals surface area contributed by atoms with E-state index in [4.69, 9.17) is 5.73 Å². The Kier molecular flexibility index (Phi) is 4.09. The minimum atomic E-state index is -0.814. The van der Waals surface area contributed by atoms with E-state index in [1.807, 2.05) is 0 Å². The number of nitrogens with two attached hydrogens (primary N) is 1. The number of hydrogen-bond acceptors (Lipinski definition) is 2. The number of halogens is 2. The lowest BCUT2D eigenvalue weighted by molar-refractivity contribution is 0.490. The minimum Gasteiger partial charge on any atom is -0.320 e. The van der Waals surface area contributed by atoms with Crippen molar-refractivity contribution in [1.82, 2.24) is 0 Å². The van der Waals surface area contributed by atoms with E-state index in [2.05, 4.69) is 6.07 Å². The highest BCUT2D eigenvalue weighted by Gasteiger charge is 2.21. The molecule has 1 aliphatic rings. The summed E-state index contributed by atoms with van der Waals surface area (Å²) in [5.74, 6) is -1.60. The zero-order chi connectivity index (χ0) is 15.0. The van der Waals surface area contributed by atoms with Gasteiger partial charge in [0.2, 0.25) is 0 Å². The highest BCUT2D eigenvalue weighted by molar-refractivity contribution is 7.12. The van der Waals surface area contributed by atoms with Gasteiger partial charge in [-0.15, -0.1) is 11.3 Å². The van der Waals surface area contributed by atoms with Crippen LogP contribution in [-0.4, -0.2) is 0 Å². The van der Waals surface area contributed by atoms with Crippen LogP contribution in [0.4, 0.5) is 8.78 Å². The summed E-state index contributed by atoms with van der Waals surface area (Å²) in [6.45, 7) is 1.56. The Bertz CT molecular complexity index is 640. The van der Waals surface area contributed by atoms with Crippen LogP contribution in [0.5, 0.6) is 0 Å². The average molecular weight is 307 g/mol. The first-order valence-electron chi connectivity index (χ1n) is 7.39. The van der Waals surface area contributed by atoms with Gasteiger partial charge in [0.05, 0.1) is 6.04 Å². The molecule has 1 aliphatic carbocycles. The zero-order valence-electron chi connectivity index (χ0n) is 12.1. The van der Waals surface area contributed by atoms with Crippen molar-refractivity contribution in [3.8, 4) is 0 Å². The topological polar surface area (TPSA) is 26.0 Å². The highest BCUT2D eigenvalue weighted by atomic mass is 32.1. The lowest BCUT2D eigenvalue weighted by atomic mass is 10.0. The Hall–Kier alpha value is -1.26. The largest absolute Gasteiger partial charge is 0.320 e. The summed E-state index contributed by atoms with van der Waals surface area (Å²) < 4.78 is 27.8. The minimum absolute atomic E-state index is 0.245. The lowest BCUT2D eigenvalue weighted by Crippen LogP contribution is -2.13. The van der Waals surface area contributed by atoms with Crippen molar-refractivity contribution in [1.29, 1.82) is 0 Å². The smallest absolute Gasteiger partial charge is 0.164 e. The van der Waals surface area contributed by atoms with Gasteiger partial charge in [-0.3, -0.25) is 0 Å². The molecule has 112 valence electrons. The first-order chi connectivity index (χ1) is 10.1. The van der Waals surface area contributed by atoms with Crippen LogP contribution in [0.2, 0.25) is 0 Å². The summed E-state index contributed by atoms with van der Waals surface area (Å²) in [7, 11) is 0. The summed E-state index contributed by atoms with van der Waals surface area (Å²) in [5, 5.41) is 0. The van der Waals surface area contributed by atoms with E-state index in [0.717, 1.165) is 17.7 Å². The summed E-state index contributed by atoms with van der Waals surface area (Å²) >= 11 is 1.66. The molecule has 0 bridgehead atoms. The van der Waals surface area contributed by atoms with Crippen molar-refractivity contribution in [2.24, 2.45) is 5.73 Å². The third-order valence-corrected chi connectivity index (χ3v) is 5.53. The Morgan fingerprint density at radius 3 is 2.67 bits per heavy atom. The van der Waals surface area contributed by atoms with Crippen molar-refractivity contribution in [2.75, 3.05) is 0 Å². The summed E-state index contributed by atoms with van der Waals surface area (Å²) in [4.78, 5) is 2.30. The van der Waals surface area contributed by atoms with E-state index < -0.39 is 17.7 Å². The average Bonchev–Trinajstić information content (AvgIpc) is 2.75. The van der Waals surface area contributed by atoms with E-state index in [-0.39, 0.29) is 5.56 Å². The standard InChI is InChI=1S/C17H19F2NS/c1-10-7-8-12(16(19)15(10)18)17(20)14-9-11-5-3-2-4-6-13(11)21-14/h7-9,17H,2-6,20H2,1H3. The van der Waals surface area contributed by atoms with Gasteiger partial charge in [-0.1, -0.05) is 18.6 Å². The molecule has 1 aromatic carbocycles. The lowest BCUT2D eigenvalue weighted by Gasteiger charge is -2.12. The maximum atomic E-state index is 14.1. The third kappa shape index (κ3) is 2.74. The van der Waals surface area contributed by atoms with Gasteiger partial charge in [0.25, 0.3) is 0 Å². The van der Waals surface area contributed by atoms with Crippen molar-refractivity contribution in [2.45, 2.75) is 45.1 Å². The van der Waals surface area contributed by atoms with Crippen molar-refractivity contribution in [3.63, 3.8) is 0 Å². The molecular weight excluding hydrogens is 288 g/mol. The molecule has 0 amide bonds. The van der Waals surface area contributed by atoms with Crippen LogP contribution in [0.15, 0.2) is 18.2 Å². The van der Waals surface area contributed by atoms with Crippen LogP contribution in [0.3, 0.4) is 0 Å². The number of aryl methyl sites for hydroxylation is 3. The predicted molar refractivity (Wildman–Crippen MR) is 82.7 cm³/mol. The summed E-state index contributed by atoms with van der Waals surface area (Å²) in [6, 6.07) is 4.69. The molecule has 0 fully saturated rings. The van der Waals surface area contributed by atoms with E-state index in [1.165, 1.54) is 29.7 Å². The fourth-order valence-electron chi connectivity index (χ4n) is 2.90. The van der Waals surface area contributed by atoms with Crippen LogP contribution < -0.4 is 5.73 Å². The van der Waals surface area contributed by atoms with Gasteiger partial charge in [0.15, 0.2) is 11.6 Å². The molecular formula is C17H19F2NS. The highest BCUT2D eigenvalue weighted by Crippen LogP contribution is 2.35. The van der Waals surface area contributed by atoms with Crippen molar-refractivity contribution >= 4 is 11.3 Å². The third-order valence-electron chi connectivity index (χ3n) is 4.21. The predicted octanol–water partition coefficient (Wildman–Crippen LogP) is 4.65. The van der Waals surface area contributed by atoms with Crippen LogP contribution in [0.25, 0.3) is 0 Å². The van der Waals surface area contributed by atoms with Crippen LogP contribution in [0.1, 0.15) is 51.7 Å². The second-order valence-electron chi connectivity index (χ2n) is 5.74. The van der Waals surface area contributed by atoms with Gasteiger partial charge in [-0.05, 0) is 49.8 Å². The molecule has 0 spiro atoms. The molecule has 3 rings (SSSR count). The molecule has 0 aliphatic heterocycles. The van der Waals surface area contributed by atoms with Gasteiger partial charge in [-0.2, -0.15) is 0 Å². The molecule has 0 saturated carbocycles. The molecule has 1 atom stereocenters. The Labute approximate surface area is 127 Å². The van der Waals surface area contributed by atoms with Crippen molar-refractivity contribution in [3.05, 3.63) is 56.3 Å². The van der Waals surface area contributed by atoms with Crippen molar-refractivity contribution < 1.29 is 8.78 Å². The number of rotatable bonds is 2. The normalized spacial score (nSPS) is 16.4. The zero-order valence-corrected chi connectivity index (χ0v) is 12.9. The number of fused-ring (bicyclic) bond motifs is 1. The fourth-order valence-corrected chi connectivity index (χ4v) is 4.18. The quantitative estimate of drug-likeness (QED) is 0.803. The summed E-state index contributed by atoms with van der Waals surface area (Å²) in [6.07, 6.45) is 5.82. The number of hydrogen-bond donors (Lipinski definition) is 1. The molecule has 4 heteroatoms. The number of thiophene rings is 1. The van der Waals surface area contributed by atoms with Gasteiger partial charge >= 0.3 is 0 Å². The first-order valence-corrected chi connectivity index (χ1v) is 8.21. The maximum Gasteiger partial charge on any atom is 0.164 e. The molecule has 2 aromatic rings. The van der Waals surface area contributed by atoms with Gasteiger partial charge in [-0.25, -0.2) is 8.78 Å². The van der Waals surface area contributed by atoms with Gasteiger partial charge < -0.3 is 5.73 Å². The van der Waals surface area contributed by atoms with Crippen LogP contribution >= 0.6 is 11.3 Å². The number of benzene rings is 1. The molecule has 21 heavy (non-hydrogen) atoms. The molecule has 1 heterocycles. The molecule has 1 unspecified atom stereocenters. The molecule has 0 radical (unpaired) electrons. The van der Waals surface area contributed by atoms with E-state index in [1.54, 1.807) is 30.4 Å². The van der Waals surface area contributed by atoms with E-state index >= 15 is 0 Å². The molecule has 1 aromatic heterocycles. The SMILES string of the molecule is Cc1ccc(C(N)c2cc3c(s2)CCCCC3)c(F)c1F. The van der Waals surface area contributed by atoms with Crippen LogP contribution in [-0.2, 0) is 12.8 Å². The van der Waals surface area contributed by atoms with Crippen LogP contribution in [0, 0.1) is 18.6 Å². The maximum absolute atomic E-state index is 14.1. The fraction of sp³-hybridized carbons (Fsp3) is 0.412. The summed E-state index contributed by atoms with van der Waals surface area (Å²) in [5.41, 5.74) is 8.09. The van der Waals surface area contributed by atoms with Gasteiger partial charge in [0.1, 0.15) is 0 Å². The molecule has 0 saturated heterocycles. The Morgan fingerprint density at radius 1 is 1.10 bits per heavy atom. The second-order valence-corrected chi connectivity index (χ2v) is 6.90. The Morgan fingerprint density at radius 2 is 1.86 bits per heavy atom. The first kappa shape index (κ1) is 14.7. The molecule has 2 N–H and O–H groups in total. The monoisotopic (exact) mass is 307 g/mol.